The molecule has 0 N–H and O–H groups in total. The van der Waals surface area contributed by atoms with Crippen molar-refractivity contribution in [2.75, 3.05) is 0 Å². The third kappa shape index (κ3) is 5.06. The lowest BCUT2D eigenvalue weighted by Gasteiger charge is -2.29. The summed E-state index contributed by atoms with van der Waals surface area (Å²) in [6, 6.07) is 14.3. The number of unbranched alkanes of at least 4 members (excludes halogenated alkanes) is 2. The highest BCUT2D eigenvalue weighted by Crippen LogP contribution is 2.38. The van der Waals surface area contributed by atoms with Gasteiger partial charge in [0.2, 0.25) is 0 Å². The van der Waals surface area contributed by atoms with Crippen molar-refractivity contribution < 1.29 is 4.39 Å². The molecule has 0 atom stereocenters. The Morgan fingerprint density at radius 1 is 0.920 bits per heavy atom. The number of hydrogen-bond acceptors (Lipinski definition) is 0. The van der Waals surface area contributed by atoms with Crippen LogP contribution in [0.3, 0.4) is 0 Å². The van der Waals surface area contributed by atoms with E-state index in [0.29, 0.717) is 9.49 Å². The highest BCUT2D eigenvalue weighted by molar-refractivity contribution is 14.1. The molecule has 1 saturated carbocycles. The predicted molar refractivity (Wildman–Crippen MR) is 113 cm³/mol. The quantitative estimate of drug-likeness (QED) is 0.309. The SMILES string of the molecule is CCCCCC1CCC(c2ccc(-c3ccc(I)c(F)c3)cc2)CC1. The molecule has 0 amide bonds. The van der Waals surface area contributed by atoms with E-state index in [2.05, 4.69) is 31.2 Å². The molecule has 0 bridgehead atoms. The molecular weight excluding hydrogens is 422 g/mol. The fourth-order valence-corrected chi connectivity index (χ4v) is 4.43. The van der Waals surface area contributed by atoms with Crippen LogP contribution in [0.25, 0.3) is 11.1 Å². The number of halogens is 2. The maximum Gasteiger partial charge on any atom is 0.137 e. The molecular formula is C23H28FI. The molecule has 25 heavy (non-hydrogen) atoms. The first-order valence-electron chi connectivity index (χ1n) is 9.72. The number of hydrogen-bond donors (Lipinski definition) is 0. The first-order valence-corrected chi connectivity index (χ1v) is 10.8. The van der Waals surface area contributed by atoms with Crippen LogP contribution in [0.15, 0.2) is 42.5 Å². The van der Waals surface area contributed by atoms with Gasteiger partial charge in [0.25, 0.3) is 0 Å². The molecule has 0 radical (unpaired) electrons. The van der Waals surface area contributed by atoms with E-state index in [0.717, 1.165) is 17.0 Å². The van der Waals surface area contributed by atoms with Crippen LogP contribution in [0.1, 0.15) is 69.8 Å². The fraction of sp³-hybridized carbons (Fsp3) is 0.478. The molecule has 0 spiro atoms. The summed E-state index contributed by atoms with van der Waals surface area (Å²) in [5.74, 6) is 1.53. The first kappa shape index (κ1) is 18.9. The van der Waals surface area contributed by atoms with E-state index >= 15 is 0 Å². The monoisotopic (exact) mass is 450 g/mol. The standard InChI is InChI=1S/C23H28FI/c1-2-3-4-5-17-6-8-18(9-7-17)19-10-12-20(13-11-19)21-14-15-23(25)22(24)16-21/h10-18H,2-9H2,1H3. The molecule has 1 aliphatic rings. The van der Waals surface area contributed by atoms with Gasteiger partial charge in [0.1, 0.15) is 5.82 Å². The van der Waals surface area contributed by atoms with Gasteiger partial charge in [0.05, 0.1) is 0 Å². The molecule has 2 aromatic rings. The Kier molecular flexibility index (Phi) is 6.92. The van der Waals surface area contributed by atoms with Gasteiger partial charge in [-0.25, -0.2) is 4.39 Å². The highest BCUT2D eigenvalue weighted by Gasteiger charge is 2.22. The van der Waals surface area contributed by atoms with E-state index in [4.69, 9.17) is 0 Å². The average Bonchev–Trinajstić information content (AvgIpc) is 2.65. The van der Waals surface area contributed by atoms with Gasteiger partial charge >= 0.3 is 0 Å². The van der Waals surface area contributed by atoms with Crippen LogP contribution in [0.5, 0.6) is 0 Å². The summed E-state index contributed by atoms with van der Waals surface area (Å²) in [5, 5.41) is 0. The summed E-state index contributed by atoms with van der Waals surface area (Å²) in [6.07, 6.45) is 11.0. The van der Waals surface area contributed by atoms with E-state index in [9.17, 15) is 4.39 Å². The van der Waals surface area contributed by atoms with Crippen molar-refractivity contribution in [1.82, 2.24) is 0 Å². The van der Waals surface area contributed by atoms with Gasteiger partial charge in [-0.05, 0) is 88.9 Å². The lowest BCUT2D eigenvalue weighted by Crippen LogP contribution is -2.13. The second kappa shape index (κ2) is 9.16. The molecule has 0 nitrogen and oxygen atoms in total. The Bertz CT molecular complexity index is 669. The van der Waals surface area contributed by atoms with Gasteiger partial charge in [-0.2, -0.15) is 0 Å². The van der Waals surface area contributed by atoms with Crippen LogP contribution in [0.4, 0.5) is 4.39 Å². The normalized spacial score (nSPS) is 20.6. The molecule has 0 aromatic heterocycles. The molecule has 0 heterocycles. The van der Waals surface area contributed by atoms with Crippen molar-refractivity contribution in [3.8, 4) is 11.1 Å². The summed E-state index contributed by atoms with van der Waals surface area (Å²) in [5.41, 5.74) is 3.53. The summed E-state index contributed by atoms with van der Waals surface area (Å²) in [7, 11) is 0. The molecule has 0 saturated heterocycles. The van der Waals surface area contributed by atoms with Crippen molar-refractivity contribution in [1.29, 1.82) is 0 Å². The zero-order valence-electron chi connectivity index (χ0n) is 15.1. The summed E-state index contributed by atoms with van der Waals surface area (Å²) in [6.45, 7) is 2.28. The molecule has 1 aliphatic carbocycles. The Morgan fingerprint density at radius 2 is 1.60 bits per heavy atom. The molecule has 3 rings (SSSR count). The Labute approximate surface area is 165 Å². The second-order valence-electron chi connectivity index (χ2n) is 7.46. The van der Waals surface area contributed by atoms with Crippen LogP contribution < -0.4 is 0 Å². The van der Waals surface area contributed by atoms with Gasteiger partial charge in [-0.3, -0.25) is 0 Å². The average molecular weight is 450 g/mol. The van der Waals surface area contributed by atoms with E-state index in [1.807, 2.05) is 34.7 Å². The van der Waals surface area contributed by atoms with Crippen LogP contribution in [-0.4, -0.2) is 0 Å². The maximum atomic E-state index is 13.8. The van der Waals surface area contributed by atoms with Crippen molar-refractivity contribution in [2.24, 2.45) is 5.92 Å². The van der Waals surface area contributed by atoms with Crippen molar-refractivity contribution in [3.05, 3.63) is 57.4 Å². The van der Waals surface area contributed by atoms with Crippen molar-refractivity contribution >= 4 is 22.6 Å². The van der Waals surface area contributed by atoms with Crippen LogP contribution in [0, 0.1) is 15.3 Å². The Hall–Kier alpha value is -0.900. The minimum Gasteiger partial charge on any atom is -0.206 e. The van der Waals surface area contributed by atoms with E-state index in [1.165, 1.54) is 56.9 Å². The Morgan fingerprint density at radius 3 is 2.24 bits per heavy atom. The number of benzene rings is 2. The van der Waals surface area contributed by atoms with Crippen LogP contribution in [-0.2, 0) is 0 Å². The van der Waals surface area contributed by atoms with Gasteiger partial charge in [0.15, 0.2) is 0 Å². The zero-order chi connectivity index (χ0) is 17.6. The Balaban J connectivity index is 1.59. The molecule has 2 heteroatoms. The lowest BCUT2D eigenvalue weighted by atomic mass is 9.77. The minimum atomic E-state index is -0.136. The molecule has 2 aromatic carbocycles. The second-order valence-corrected chi connectivity index (χ2v) is 8.63. The summed E-state index contributed by atoms with van der Waals surface area (Å²) in [4.78, 5) is 0. The summed E-state index contributed by atoms with van der Waals surface area (Å²) < 4.78 is 14.4. The van der Waals surface area contributed by atoms with E-state index < -0.39 is 0 Å². The van der Waals surface area contributed by atoms with Crippen molar-refractivity contribution in [2.45, 2.75) is 64.2 Å². The molecule has 0 aliphatic heterocycles. The van der Waals surface area contributed by atoms with Gasteiger partial charge in [-0.1, -0.05) is 62.9 Å². The smallest absolute Gasteiger partial charge is 0.137 e. The van der Waals surface area contributed by atoms with Gasteiger partial charge in [-0.15, -0.1) is 0 Å². The van der Waals surface area contributed by atoms with Gasteiger partial charge in [0, 0.05) is 3.57 Å². The minimum absolute atomic E-state index is 0.136. The van der Waals surface area contributed by atoms with Crippen LogP contribution in [0.2, 0.25) is 0 Å². The topological polar surface area (TPSA) is 0 Å². The molecule has 134 valence electrons. The zero-order valence-corrected chi connectivity index (χ0v) is 17.3. The van der Waals surface area contributed by atoms with E-state index in [1.54, 1.807) is 6.07 Å². The number of rotatable bonds is 6. The fourth-order valence-electron chi connectivity index (χ4n) is 4.09. The van der Waals surface area contributed by atoms with Crippen molar-refractivity contribution in [3.63, 3.8) is 0 Å². The lowest BCUT2D eigenvalue weighted by molar-refractivity contribution is 0.303. The third-order valence-electron chi connectivity index (χ3n) is 5.70. The summed E-state index contributed by atoms with van der Waals surface area (Å²) >= 11 is 2.03. The third-order valence-corrected chi connectivity index (χ3v) is 6.57. The molecule has 1 fully saturated rings. The highest BCUT2D eigenvalue weighted by atomic mass is 127. The van der Waals surface area contributed by atoms with Gasteiger partial charge < -0.3 is 0 Å². The first-order chi connectivity index (χ1) is 12.2. The molecule has 0 unspecified atom stereocenters. The predicted octanol–water partition coefficient (Wildman–Crippen LogP) is 7.95. The maximum absolute atomic E-state index is 13.8. The largest absolute Gasteiger partial charge is 0.206 e. The van der Waals surface area contributed by atoms with Crippen LogP contribution >= 0.6 is 22.6 Å². The van der Waals surface area contributed by atoms with E-state index in [-0.39, 0.29) is 5.82 Å².